The second-order valence-electron chi connectivity index (χ2n) is 21.1. The van der Waals surface area contributed by atoms with Crippen LogP contribution in [0.5, 0.6) is 0 Å². The van der Waals surface area contributed by atoms with Crippen LogP contribution in [0.1, 0.15) is 142 Å². The highest BCUT2D eigenvalue weighted by molar-refractivity contribution is 5.88. The number of aryl methyl sites for hydroxylation is 4. The van der Waals surface area contributed by atoms with Gasteiger partial charge in [0.05, 0.1) is 39.6 Å². The zero-order valence-corrected chi connectivity index (χ0v) is 49.3. The highest BCUT2D eigenvalue weighted by atomic mass is 15.3. The average Bonchev–Trinajstić information content (AvgIpc) is 4.25. The molecule has 79 heavy (non-hydrogen) atoms. The number of fused-ring (bicyclic) bond motifs is 4. The Hall–Kier alpha value is -8.56. The summed E-state index contributed by atoms with van der Waals surface area (Å²) in [5.41, 5.74) is 32.4. The molecule has 0 saturated heterocycles. The monoisotopic (exact) mass is 1080 g/mol. The van der Waals surface area contributed by atoms with Crippen molar-refractivity contribution in [3.05, 3.63) is 107 Å². The van der Waals surface area contributed by atoms with Gasteiger partial charge in [0.25, 0.3) is 0 Å². The molecule has 22 nitrogen and oxygen atoms in total. The van der Waals surface area contributed by atoms with Crippen LogP contribution >= 0.6 is 0 Å². The molecule has 0 aliphatic carbocycles. The number of hydrogen-bond donors (Lipinski definition) is 9. The van der Waals surface area contributed by atoms with E-state index in [9.17, 15) is 0 Å². The van der Waals surface area contributed by atoms with E-state index in [-0.39, 0.29) is 12.0 Å². The molecule has 1 atom stereocenters. The molecule has 22 heteroatoms. The molecule has 10 rings (SSSR count). The Kier molecular flexibility index (Phi) is 21.9. The van der Waals surface area contributed by atoms with Crippen LogP contribution in [0.25, 0.3) is 33.1 Å². The number of pyridine rings is 2. The number of nitrogen functional groups attached to an aromatic ring is 4. The summed E-state index contributed by atoms with van der Waals surface area (Å²) >= 11 is 0. The number of aromatic amines is 2. The van der Waals surface area contributed by atoms with Gasteiger partial charge >= 0.3 is 5.82 Å². The number of hydrogen-bond acceptors (Lipinski definition) is 18. The van der Waals surface area contributed by atoms with E-state index in [2.05, 4.69) is 174 Å². The first-order valence-electron chi connectivity index (χ1n) is 26.9. The van der Waals surface area contributed by atoms with E-state index in [0.717, 1.165) is 80.0 Å². The van der Waals surface area contributed by atoms with Gasteiger partial charge in [0, 0.05) is 67.3 Å². The molecule has 0 aromatic carbocycles. The van der Waals surface area contributed by atoms with Crippen LogP contribution in [0.2, 0.25) is 0 Å². The van der Waals surface area contributed by atoms with Gasteiger partial charge in [0.1, 0.15) is 59.7 Å². The Bertz CT molecular complexity index is 3380. The minimum atomic E-state index is 0.281. The minimum Gasteiger partial charge on any atom is -0.397 e. The Morgan fingerprint density at radius 3 is 1.97 bits per heavy atom. The van der Waals surface area contributed by atoms with Gasteiger partial charge in [-0.05, 0) is 126 Å². The lowest BCUT2D eigenvalue weighted by molar-refractivity contribution is -0.482. The third-order valence-corrected chi connectivity index (χ3v) is 11.9. The summed E-state index contributed by atoms with van der Waals surface area (Å²) in [7, 11) is 3.97. The van der Waals surface area contributed by atoms with Crippen LogP contribution in [0, 0.1) is 19.8 Å². The Morgan fingerprint density at radius 2 is 1.35 bits per heavy atom. The van der Waals surface area contributed by atoms with Crippen LogP contribution < -0.4 is 38.9 Å². The molecule has 1 aliphatic heterocycles. The van der Waals surface area contributed by atoms with Gasteiger partial charge in [0.15, 0.2) is 0 Å². The first kappa shape index (κ1) is 61.3. The predicted octanol–water partition coefficient (Wildman–Crippen LogP) is 11.2. The zero-order chi connectivity index (χ0) is 58.2. The van der Waals surface area contributed by atoms with Crippen molar-refractivity contribution >= 4 is 79.8 Å². The summed E-state index contributed by atoms with van der Waals surface area (Å²) in [4.78, 5) is 40.0. The molecule has 0 spiro atoms. The number of rotatable bonds is 10. The fourth-order valence-corrected chi connectivity index (χ4v) is 8.41. The number of nitrogens with one attached hydrogen (secondary N) is 5. The molecule has 0 fully saturated rings. The topological polar surface area (TPSA) is 321 Å². The third-order valence-electron chi connectivity index (χ3n) is 11.9. The first-order valence-corrected chi connectivity index (χ1v) is 26.9. The maximum Gasteiger partial charge on any atom is 0.348 e. The molecule has 9 aromatic rings. The maximum absolute atomic E-state index is 5.68. The van der Waals surface area contributed by atoms with E-state index < -0.39 is 0 Å². The quantitative estimate of drug-likeness (QED) is 0.0575. The fraction of sp³-hybridized carbons (Fsp3) is 0.439. The molecule has 1 aliphatic rings. The molecule has 0 radical (unpaired) electrons. The van der Waals surface area contributed by atoms with Crippen molar-refractivity contribution in [2.45, 2.75) is 146 Å². The third kappa shape index (κ3) is 17.5. The SMILES string of the molecule is CC(C)C1N=[N+](C)c2ncccc21.CC(C)Nc1ccc(N)nn1.CC(C)Nc1nc(N)nc2[nH]ccc12.CC(C)c1c[nH]c2ncc(N)cc12.CCc1nc(C)cc(NC(C)C)n1.Cc1nc(N)nc2c(C(C)C)cn(C)c12. The van der Waals surface area contributed by atoms with E-state index in [0.29, 0.717) is 53.3 Å². The zero-order valence-electron chi connectivity index (χ0n) is 49.3. The first-order chi connectivity index (χ1) is 37.3. The lowest BCUT2D eigenvalue weighted by Gasteiger charge is -2.10. The van der Waals surface area contributed by atoms with Gasteiger partial charge in [0.2, 0.25) is 11.9 Å². The maximum atomic E-state index is 5.68. The van der Waals surface area contributed by atoms with E-state index in [1.54, 1.807) is 12.3 Å². The van der Waals surface area contributed by atoms with Crippen molar-refractivity contribution in [2.24, 2.45) is 18.1 Å². The second kappa shape index (κ2) is 28.2. The summed E-state index contributed by atoms with van der Waals surface area (Å²) in [6.07, 6.45) is 10.3. The molecule has 10 heterocycles. The van der Waals surface area contributed by atoms with E-state index >= 15 is 0 Å². The molecule has 422 valence electrons. The number of H-pyrrole nitrogens is 2. The van der Waals surface area contributed by atoms with Crippen molar-refractivity contribution in [3.8, 4) is 0 Å². The van der Waals surface area contributed by atoms with Gasteiger partial charge in [-0.15, -0.1) is 20.0 Å². The van der Waals surface area contributed by atoms with E-state index in [1.165, 1.54) is 16.7 Å². The minimum absolute atomic E-state index is 0.281. The van der Waals surface area contributed by atoms with Crippen molar-refractivity contribution < 1.29 is 4.70 Å². The van der Waals surface area contributed by atoms with Crippen LogP contribution in [0.3, 0.4) is 0 Å². The molecule has 0 amide bonds. The largest absolute Gasteiger partial charge is 0.397 e. The van der Waals surface area contributed by atoms with Gasteiger partial charge in [-0.1, -0.05) is 48.5 Å². The lowest BCUT2D eigenvalue weighted by Crippen LogP contribution is -2.12. The standard InChI is InChI=1S/C11H16N4.C10H13N3.C10H14N3.C10H17N3.C9H13N5.C7H12N4/c1-6(2)8-5-15(4)10-7(3)13-11(12)14-9(8)10;1-6(2)9-5-13-10-8(9)3-7(11)4-12-10;1-7(2)9-8-5-4-6-11-10(8)13(3)12-9;1-5-9-12-8(4)6-10(13-9)11-7(2)3;1-5(2)12-8-6-3-4-11-7(6)13-9(10)14-8;1-5(2)9-7-4-3-6(8)10-11-7/h5-6H,1-4H3,(H2,12,13,14);3-6H,11H2,1-2H3,(H,12,13);4-7,9H,1-3H3;6-7H,5H2,1-4H3,(H,11,12,13);3-5H,1-2H3,(H4,10,11,12,13,14);3-5H,1-2H3,(H2,8,10)(H,9,11)/q;;+1;;;. The Labute approximate surface area is 465 Å². The summed E-state index contributed by atoms with van der Waals surface area (Å²) in [6, 6.07) is 14.9. The van der Waals surface area contributed by atoms with Crippen LogP contribution in [-0.4, -0.2) is 94.5 Å². The van der Waals surface area contributed by atoms with Crippen molar-refractivity contribution in [2.75, 3.05) is 45.9 Å². The van der Waals surface area contributed by atoms with E-state index in [1.807, 2.05) is 95.4 Å². The number of azo groups is 2. The number of nitrogens with zero attached hydrogens (tertiary/aromatic N) is 13. The van der Waals surface area contributed by atoms with E-state index in [4.69, 9.17) is 22.9 Å². The van der Waals surface area contributed by atoms with Crippen molar-refractivity contribution in [1.82, 2.24) is 64.6 Å². The number of anilines is 7. The molecular weight excluding hydrogens is 993 g/mol. The van der Waals surface area contributed by atoms with Crippen LogP contribution in [0.15, 0.2) is 78.6 Å². The van der Waals surface area contributed by atoms with Crippen molar-refractivity contribution in [3.63, 3.8) is 0 Å². The fourth-order valence-electron chi connectivity index (χ4n) is 8.41. The number of aromatic nitrogens is 13. The summed E-state index contributed by atoms with van der Waals surface area (Å²) in [5, 5.41) is 23.8. The van der Waals surface area contributed by atoms with Gasteiger partial charge in [-0.2, -0.15) is 9.97 Å². The highest BCUT2D eigenvalue weighted by Gasteiger charge is 2.32. The molecule has 0 saturated carbocycles. The van der Waals surface area contributed by atoms with Gasteiger partial charge < -0.3 is 53.4 Å². The predicted molar refractivity (Wildman–Crippen MR) is 324 cm³/mol. The second-order valence-corrected chi connectivity index (χ2v) is 21.1. The smallest absolute Gasteiger partial charge is 0.348 e. The number of nitrogens with two attached hydrogens (primary N) is 4. The summed E-state index contributed by atoms with van der Waals surface area (Å²) in [5.74, 6) is 6.94. The lowest BCUT2D eigenvalue weighted by atomic mass is 9.98. The Balaban J connectivity index is 0.000000175. The summed E-state index contributed by atoms with van der Waals surface area (Å²) < 4.78 is 3.94. The normalized spacial score (nSPS) is 12.5. The van der Waals surface area contributed by atoms with Crippen LogP contribution in [0.4, 0.5) is 46.7 Å². The van der Waals surface area contributed by atoms with Crippen molar-refractivity contribution in [1.29, 1.82) is 0 Å². The van der Waals surface area contributed by atoms with Gasteiger partial charge in [-0.3, -0.25) is 0 Å². The molecule has 0 bridgehead atoms. The Morgan fingerprint density at radius 1 is 0.684 bits per heavy atom. The summed E-state index contributed by atoms with van der Waals surface area (Å²) in [6.45, 7) is 31.4. The highest BCUT2D eigenvalue weighted by Crippen LogP contribution is 2.37. The molecule has 1 unspecified atom stereocenters. The van der Waals surface area contributed by atoms with Gasteiger partial charge in [-0.25, -0.2) is 24.9 Å². The van der Waals surface area contributed by atoms with Crippen LogP contribution in [-0.2, 0) is 13.5 Å². The molecule has 9 aromatic heterocycles. The molecule has 13 N–H and O–H groups in total. The average molecular weight is 1080 g/mol. The molecular formula is C57H85N22+.